The number of nitrogens with zero attached hydrogens (tertiary/aromatic N) is 1. The van der Waals surface area contributed by atoms with Gasteiger partial charge < -0.3 is 5.32 Å². The third-order valence-electron chi connectivity index (χ3n) is 3.97. The van der Waals surface area contributed by atoms with Gasteiger partial charge in [0.25, 0.3) is 0 Å². The lowest BCUT2D eigenvalue weighted by molar-refractivity contribution is 0.443. The zero-order chi connectivity index (χ0) is 14.3. The molecule has 21 heavy (non-hydrogen) atoms. The van der Waals surface area contributed by atoms with E-state index in [1.165, 1.54) is 32.1 Å². The van der Waals surface area contributed by atoms with E-state index in [1.807, 2.05) is 24.3 Å². The maximum Gasteiger partial charge on any atom is 0.133 e. The quantitative estimate of drug-likeness (QED) is 0.628. The van der Waals surface area contributed by atoms with Gasteiger partial charge in [0.2, 0.25) is 0 Å². The van der Waals surface area contributed by atoms with Gasteiger partial charge in [-0.05, 0) is 25.0 Å². The van der Waals surface area contributed by atoms with Crippen LogP contribution in [0.1, 0.15) is 37.7 Å². The minimum absolute atomic E-state index is 0.463. The maximum absolute atomic E-state index is 5.01. The lowest BCUT2D eigenvalue weighted by atomic mass is 9.96. The van der Waals surface area contributed by atoms with Crippen molar-refractivity contribution in [2.45, 2.75) is 38.1 Å². The van der Waals surface area contributed by atoms with Gasteiger partial charge in [0, 0.05) is 11.3 Å². The lowest BCUT2D eigenvalue weighted by Gasteiger charge is -2.20. The molecule has 0 saturated heterocycles. The molecule has 0 aliphatic heterocycles. The Bertz CT molecular complexity index is 569. The summed E-state index contributed by atoms with van der Waals surface area (Å²) < 4.78 is 0. The third kappa shape index (κ3) is 3.94. The highest BCUT2D eigenvalue weighted by molar-refractivity contribution is 6.08. The number of amidine groups is 1. The smallest absolute Gasteiger partial charge is 0.133 e. The lowest BCUT2D eigenvalue weighted by Crippen LogP contribution is -2.19. The number of hydrogen-bond donors (Lipinski definition) is 1. The van der Waals surface area contributed by atoms with Crippen LogP contribution in [0.15, 0.2) is 65.7 Å². The minimum atomic E-state index is 0.463. The monoisotopic (exact) mass is 278 g/mol. The molecule has 2 heteroatoms. The van der Waals surface area contributed by atoms with Crippen molar-refractivity contribution in [2.24, 2.45) is 4.99 Å². The minimum Gasteiger partial charge on any atom is -0.340 e. The Balaban J connectivity index is 1.85. The van der Waals surface area contributed by atoms with Crippen LogP contribution in [0.4, 0.5) is 5.69 Å². The van der Waals surface area contributed by atoms with Gasteiger partial charge >= 0.3 is 0 Å². The van der Waals surface area contributed by atoms with Gasteiger partial charge in [-0.15, -0.1) is 0 Å². The van der Waals surface area contributed by atoms with Crippen LogP contribution in [0.2, 0.25) is 0 Å². The highest BCUT2D eigenvalue weighted by atomic mass is 15.0. The largest absolute Gasteiger partial charge is 0.340 e. The summed E-state index contributed by atoms with van der Waals surface area (Å²) in [5.41, 5.74) is 2.25. The normalized spacial score (nSPS) is 16.7. The molecule has 1 N–H and O–H groups in total. The first-order chi connectivity index (χ1) is 10.4. The maximum atomic E-state index is 5.01. The van der Waals surface area contributed by atoms with Crippen LogP contribution in [0.25, 0.3) is 0 Å². The molecule has 108 valence electrons. The summed E-state index contributed by atoms with van der Waals surface area (Å²) in [6.45, 7) is 0. The van der Waals surface area contributed by atoms with E-state index in [9.17, 15) is 0 Å². The van der Waals surface area contributed by atoms with Crippen molar-refractivity contribution in [1.82, 2.24) is 0 Å². The second-order valence-corrected chi connectivity index (χ2v) is 5.63. The van der Waals surface area contributed by atoms with Crippen molar-refractivity contribution in [3.63, 3.8) is 0 Å². The molecule has 0 heterocycles. The SMILES string of the molecule is c1ccc(NC(=NC2CCCCC2)c2ccccc2)cc1. The first-order valence-corrected chi connectivity index (χ1v) is 7.87. The predicted octanol–water partition coefficient (Wildman–Crippen LogP) is 4.88. The van der Waals surface area contributed by atoms with Crippen LogP contribution in [0.5, 0.6) is 0 Å². The molecule has 0 aromatic heterocycles. The molecule has 1 aliphatic rings. The Labute approximate surface area is 126 Å². The number of aliphatic imine (C=N–C) groups is 1. The van der Waals surface area contributed by atoms with Crippen LogP contribution in [-0.4, -0.2) is 11.9 Å². The number of hydrogen-bond acceptors (Lipinski definition) is 1. The number of rotatable bonds is 3. The van der Waals surface area contributed by atoms with Crippen molar-refractivity contribution >= 4 is 11.5 Å². The van der Waals surface area contributed by atoms with Crippen LogP contribution >= 0.6 is 0 Å². The third-order valence-corrected chi connectivity index (χ3v) is 3.97. The van der Waals surface area contributed by atoms with Crippen LogP contribution in [0, 0.1) is 0 Å². The zero-order valence-electron chi connectivity index (χ0n) is 12.3. The summed E-state index contributed by atoms with van der Waals surface area (Å²) in [7, 11) is 0. The number of para-hydroxylation sites is 1. The Morgan fingerprint density at radius 1 is 0.810 bits per heavy atom. The molecule has 3 rings (SSSR count). The van der Waals surface area contributed by atoms with E-state index in [4.69, 9.17) is 4.99 Å². The number of anilines is 1. The second kappa shape index (κ2) is 7.07. The van der Waals surface area contributed by atoms with E-state index < -0.39 is 0 Å². The van der Waals surface area contributed by atoms with E-state index in [0.717, 1.165) is 17.1 Å². The molecule has 0 radical (unpaired) electrons. The van der Waals surface area contributed by atoms with Crippen molar-refractivity contribution in [3.05, 3.63) is 66.2 Å². The molecule has 0 bridgehead atoms. The summed E-state index contributed by atoms with van der Waals surface area (Å²) in [5, 5.41) is 3.49. The average Bonchev–Trinajstić information content (AvgIpc) is 2.57. The first-order valence-electron chi connectivity index (χ1n) is 7.87. The molecule has 1 saturated carbocycles. The zero-order valence-corrected chi connectivity index (χ0v) is 12.3. The van der Waals surface area contributed by atoms with Gasteiger partial charge in [0.05, 0.1) is 6.04 Å². The summed E-state index contributed by atoms with van der Waals surface area (Å²) >= 11 is 0. The molecule has 0 atom stereocenters. The summed E-state index contributed by atoms with van der Waals surface area (Å²) in [6, 6.07) is 21.2. The first kappa shape index (κ1) is 13.9. The molecule has 0 unspecified atom stereocenters. The van der Waals surface area contributed by atoms with Crippen LogP contribution in [-0.2, 0) is 0 Å². The van der Waals surface area contributed by atoms with Gasteiger partial charge in [-0.3, -0.25) is 4.99 Å². The number of nitrogens with one attached hydrogen (secondary N) is 1. The highest BCUT2D eigenvalue weighted by Crippen LogP contribution is 2.21. The molecule has 2 aromatic rings. The van der Waals surface area contributed by atoms with Crippen molar-refractivity contribution in [3.8, 4) is 0 Å². The molecule has 1 fully saturated rings. The Morgan fingerprint density at radius 2 is 1.43 bits per heavy atom. The Hall–Kier alpha value is -2.09. The number of benzene rings is 2. The fourth-order valence-electron chi connectivity index (χ4n) is 2.83. The highest BCUT2D eigenvalue weighted by Gasteiger charge is 2.14. The van der Waals surface area contributed by atoms with Crippen molar-refractivity contribution < 1.29 is 0 Å². The van der Waals surface area contributed by atoms with Crippen molar-refractivity contribution in [1.29, 1.82) is 0 Å². The van der Waals surface area contributed by atoms with Crippen LogP contribution in [0.3, 0.4) is 0 Å². The fraction of sp³-hybridized carbons (Fsp3) is 0.316. The topological polar surface area (TPSA) is 24.4 Å². The van der Waals surface area contributed by atoms with Crippen molar-refractivity contribution in [2.75, 3.05) is 5.32 Å². The standard InChI is InChI=1S/C19H22N2/c1-4-10-16(11-5-1)19(20-17-12-6-2-7-13-17)21-18-14-8-3-9-15-18/h1-2,4-7,10-13,18H,3,8-9,14-15H2,(H,20,21). The van der Waals surface area contributed by atoms with Gasteiger partial charge in [0.15, 0.2) is 0 Å². The van der Waals surface area contributed by atoms with Gasteiger partial charge in [-0.1, -0.05) is 67.8 Å². The van der Waals surface area contributed by atoms with Gasteiger partial charge in [-0.25, -0.2) is 0 Å². The summed E-state index contributed by atoms with van der Waals surface area (Å²) in [6.07, 6.45) is 6.40. The van der Waals surface area contributed by atoms with E-state index >= 15 is 0 Å². The van der Waals surface area contributed by atoms with E-state index in [1.54, 1.807) is 0 Å². The molecule has 0 spiro atoms. The van der Waals surface area contributed by atoms with Gasteiger partial charge in [0.1, 0.15) is 5.84 Å². The molecular formula is C19H22N2. The predicted molar refractivity (Wildman–Crippen MR) is 89.9 cm³/mol. The van der Waals surface area contributed by atoms with Gasteiger partial charge in [-0.2, -0.15) is 0 Å². The summed E-state index contributed by atoms with van der Waals surface area (Å²) in [5.74, 6) is 0.994. The fourth-order valence-corrected chi connectivity index (χ4v) is 2.83. The molecular weight excluding hydrogens is 256 g/mol. The molecule has 1 aliphatic carbocycles. The van der Waals surface area contributed by atoms with Crippen LogP contribution < -0.4 is 5.32 Å². The molecule has 0 amide bonds. The van der Waals surface area contributed by atoms with E-state index in [2.05, 4.69) is 41.7 Å². The van der Waals surface area contributed by atoms with E-state index in [0.29, 0.717) is 6.04 Å². The molecule has 2 aromatic carbocycles. The Morgan fingerprint density at radius 3 is 2.10 bits per heavy atom. The second-order valence-electron chi connectivity index (χ2n) is 5.63. The van der Waals surface area contributed by atoms with E-state index in [-0.39, 0.29) is 0 Å². The molecule has 2 nitrogen and oxygen atoms in total. The average molecular weight is 278 g/mol. The Kier molecular flexibility index (Phi) is 4.67. The summed E-state index contributed by atoms with van der Waals surface area (Å²) in [4.78, 5) is 5.01.